The third kappa shape index (κ3) is 3.70. The molecule has 2 aliphatic rings. The lowest BCUT2D eigenvalue weighted by Crippen LogP contribution is -2.50. The maximum absolute atomic E-state index is 11.4. The first-order valence-electron chi connectivity index (χ1n) is 7.82. The molecule has 2 heterocycles. The number of hydrogen-bond acceptors (Lipinski definition) is 4. The van der Waals surface area contributed by atoms with Crippen molar-refractivity contribution >= 4 is 6.29 Å². The van der Waals surface area contributed by atoms with Crippen molar-refractivity contribution in [3.63, 3.8) is 0 Å². The molecule has 0 bridgehead atoms. The minimum Gasteiger partial charge on any atom is -0.380 e. The zero-order valence-corrected chi connectivity index (χ0v) is 12.5. The van der Waals surface area contributed by atoms with Gasteiger partial charge in [-0.2, -0.15) is 0 Å². The van der Waals surface area contributed by atoms with Crippen LogP contribution < -0.4 is 0 Å². The molecule has 0 amide bonds. The Morgan fingerprint density at radius 3 is 2.43 bits per heavy atom. The normalized spacial score (nSPS) is 27.8. The molecule has 2 fully saturated rings. The SMILES string of the molecule is O=CC1(CN2CCN(Cc3ccccc3)CC2)CCOC1. The maximum atomic E-state index is 11.4. The standard InChI is InChI=1S/C17H24N2O2/c20-14-17(6-11-21-15-17)13-19-9-7-18(8-10-19)12-16-4-2-1-3-5-16/h1-5,14H,6-13,15H2. The van der Waals surface area contributed by atoms with Crippen molar-refractivity contribution in [2.45, 2.75) is 13.0 Å². The summed E-state index contributed by atoms with van der Waals surface area (Å²) in [6.45, 7) is 7.44. The van der Waals surface area contributed by atoms with Gasteiger partial charge in [0.1, 0.15) is 6.29 Å². The molecule has 1 aromatic carbocycles. The van der Waals surface area contributed by atoms with Crippen molar-refractivity contribution in [3.05, 3.63) is 35.9 Å². The van der Waals surface area contributed by atoms with Gasteiger partial charge in [-0.15, -0.1) is 0 Å². The highest BCUT2D eigenvalue weighted by Crippen LogP contribution is 2.27. The van der Waals surface area contributed by atoms with Gasteiger partial charge in [-0.3, -0.25) is 9.80 Å². The summed E-state index contributed by atoms with van der Waals surface area (Å²) in [5, 5.41) is 0. The fourth-order valence-electron chi connectivity index (χ4n) is 3.27. The molecule has 3 rings (SSSR count). The van der Waals surface area contributed by atoms with Gasteiger partial charge in [-0.25, -0.2) is 0 Å². The first kappa shape index (κ1) is 14.7. The van der Waals surface area contributed by atoms with Crippen LogP contribution in [0.25, 0.3) is 0 Å². The van der Waals surface area contributed by atoms with Crippen LogP contribution in [0.2, 0.25) is 0 Å². The number of rotatable bonds is 5. The van der Waals surface area contributed by atoms with Crippen molar-refractivity contribution in [2.24, 2.45) is 5.41 Å². The zero-order valence-electron chi connectivity index (χ0n) is 12.5. The number of aldehydes is 1. The number of ether oxygens (including phenoxy) is 1. The highest BCUT2D eigenvalue weighted by Gasteiger charge is 2.37. The molecule has 4 nitrogen and oxygen atoms in total. The molecule has 0 saturated carbocycles. The summed E-state index contributed by atoms with van der Waals surface area (Å²) in [7, 11) is 0. The van der Waals surface area contributed by atoms with E-state index in [4.69, 9.17) is 4.74 Å². The second-order valence-electron chi connectivity index (χ2n) is 6.32. The Labute approximate surface area is 126 Å². The van der Waals surface area contributed by atoms with Gasteiger partial charge in [-0.05, 0) is 12.0 Å². The van der Waals surface area contributed by atoms with Gasteiger partial charge in [0.15, 0.2) is 0 Å². The summed E-state index contributed by atoms with van der Waals surface area (Å²) < 4.78 is 5.42. The van der Waals surface area contributed by atoms with Crippen LogP contribution in [0.3, 0.4) is 0 Å². The van der Waals surface area contributed by atoms with E-state index in [0.717, 1.165) is 58.6 Å². The quantitative estimate of drug-likeness (QED) is 0.767. The van der Waals surface area contributed by atoms with Gasteiger partial charge in [0.05, 0.1) is 12.0 Å². The number of nitrogens with zero attached hydrogens (tertiary/aromatic N) is 2. The molecule has 2 aliphatic heterocycles. The fraction of sp³-hybridized carbons (Fsp3) is 0.588. The smallest absolute Gasteiger partial charge is 0.129 e. The monoisotopic (exact) mass is 288 g/mol. The number of carbonyl (C=O) groups excluding carboxylic acids is 1. The van der Waals surface area contributed by atoms with Crippen LogP contribution in [-0.4, -0.2) is 62.0 Å². The molecule has 0 aromatic heterocycles. The topological polar surface area (TPSA) is 32.8 Å². The number of benzene rings is 1. The van der Waals surface area contributed by atoms with Crippen molar-refractivity contribution in [1.29, 1.82) is 0 Å². The van der Waals surface area contributed by atoms with Crippen molar-refractivity contribution in [2.75, 3.05) is 45.9 Å². The van der Waals surface area contributed by atoms with E-state index < -0.39 is 0 Å². The molecule has 1 unspecified atom stereocenters. The number of piperazine rings is 1. The molecule has 114 valence electrons. The summed E-state index contributed by atoms with van der Waals surface area (Å²) in [5.74, 6) is 0. The molecule has 0 aliphatic carbocycles. The van der Waals surface area contributed by atoms with Gasteiger partial charge < -0.3 is 9.53 Å². The van der Waals surface area contributed by atoms with Crippen LogP contribution >= 0.6 is 0 Å². The summed E-state index contributed by atoms with van der Waals surface area (Å²) in [4.78, 5) is 16.3. The van der Waals surface area contributed by atoms with Crippen LogP contribution in [0.15, 0.2) is 30.3 Å². The summed E-state index contributed by atoms with van der Waals surface area (Å²) in [5.41, 5.74) is 1.13. The lowest BCUT2D eigenvalue weighted by Gasteiger charge is -2.37. The van der Waals surface area contributed by atoms with E-state index in [0.29, 0.717) is 6.61 Å². The first-order chi connectivity index (χ1) is 10.3. The second kappa shape index (κ2) is 6.69. The van der Waals surface area contributed by atoms with E-state index in [1.54, 1.807) is 0 Å². The minimum absolute atomic E-state index is 0.248. The van der Waals surface area contributed by atoms with Crippen LogP contribution in [0.1, 0.15) is 12.0 Å². The van der Waals surface area contributed by atoms with E-state index in [1.807, 2.05) is 0 Å². The predicted molar refractivity (Wildman–Crippen MR) is 82.1 cm³/mol. The Morgan fingerprint density at radius 2 is 1.81 bits per heavy atom. The zero-order chi connectivity index (χ0) is 14.5. The van der Waals surface area contributed by atoms with Crippen LogP contribution in [0, 0.1) is 5.41 Å². The molecule has 0 N–H and O–H groups in total. The first-order valence-corrected chi connectivity index (χ1v) is 7.82. The molecule has 1 atom stereocenters. The largest absolute Gasteiger partial charge is 0.380 e. The lowest BCUT2D eigenvalue weighted by atomic mass is 9.88. The molecule has 1 aromatic rings. The highest BCUT2D eigenvalue weighted by molar-refractivity contribution is 5.60. The summed E-state index contributed by atoms with van der Waals surface area (Å²) in [6.07, 6.45) is 2.00. The number of hydrogen-bond donors (Lipinski definition) is 0. The average molecular weight is 288 g/mol. The van der Waals surface area contributed by atoms with E-state index in [1.165, 1.54) is 5.56 Å². The predicted octanol–water partition coefficient (Wildman–Crippen LogP) is 1.41. The van der Waals surface area contributed by atoms with Crippen LogP contribution in [0.4, 0.5) is 0 Å². The summed E-state index contributed by atoms with van der Waals surface area (Å²) >= 11 is 0. The third-order valence-corrected chi connectivity index (χ3v) is 4.64. The Kier molecular flexibility index (Phi) is 4.68. The molecule has 0 radical (unpaired) electrons. The van der Waals surface area contributed by atoms with Crippen molar-refractivity contribution < 1.29 is 9.53 Å². The van der Waals surface area contributed by atoms with Gasteiger partial charge in [-0.1, -0.05) is 30.3 Å². The molecular formula is C17H24N2O2. The fourth-order valence-corrected chi connectivity index (χ4v) is 3.27. The Balaban J connectivity index is 1.48. The van der Waals surface area contributed by atoms with Gasteiger partial charge in [0.25, 0.3) is 0 Å². The Morgan fingerprint density at radius 1 is 1.10 bits per heavy atom. The maximum Gasteiger partial charge on any atom is 0.129 e. The third-order valence-electron chi connectivity index (χ3n) is 4.64. The molecule has 4 heteroatoms. The average Bonchev–Trinajstić information content (AvgIpc) is 2.99. The minimum atomic E-state index is -0.248. The highest BCUT2D eigenvalue weighted by atomic mass is 16.5. The van der Waals surface area contributed by atoms with E-state index in [-0.39, 0.29) is 5.41 Å². The van der Waals surface area contributed by atoms with E-state index in [9.17, 15) is 4.79 Å². The molecular weight excluding hydrogens is 264 g/mol. The van der Waals surface area contributed by atoms with Gasteiger partial charge in [0, 0.05) is 45.9 Å². The molecule has 0 spiro atoms. The number of carbonyl (C=O) groups is 1. The molecule has 2 saturated heterocycles. The Hall–Kier alpha value is -1.23. The lowest BCUT2D eigenvalue weighted by molar-refractivity contribution is -0.117. The Bertz CT molecular complexity index is 449. The van der Waals surface area contributed by atoms with Gasteiger partial charge >= 0.3 is 0 Å². The van der Waals surface area contributed by atoms with Crippen LogP contribution in [-0.2, 0) is 16.1 Å². The van der Waals surface area contributed by atoms with E-state index in [2.05, 4.69) is 40.1 Å². The van der Waals surface area contributed by atoms with Crippen molar-refractivity contribution in [1.82, 2.24) is 9.80 Å². The van der Waals surface area contributed by atoms with E-state index >= 15 is 0 Å². The van der Waals surface area contributed by atoms with Crippen molar-refractivity contribution in [3.8, 4) is 0 Å². The van der Waals surface area contributed by atoms with Gasteiger partial charge in [0.2, 0.25) is 0 Å². The van der Waals surface area contributed by atoms with Crippen LogP contribution in [0.5, 0.6) is 0 Å². The second-order valence-corrected chi connectivity index (χ2v) is 6.32. The summed E-state index contributed by atoms with van der Waals surface area (Å²) in [6, 6.07) is 10.6. The molecule has 21 heavy (non-hydrogen) atoms.